The second-order valence-corrected chi connectivity index (χ2v) is 10.3. The zero-order valence-electron chi connectivity index (χ0n) is 20.4. The number of anilines is 1. The zero-order valence-corrected chi connectivity index (χ0v) is 21.2. The Balaban J connectivity index is 1.05. The molecule has 0 unspecified atom stereocenters. The number of nitrogens with zero attached hydrogens (tertiary/aromatic N) is 3. The van der Waals surface area contributed by atoms with Crippen LogP contribution in [0.2, 0.25) is 5.02 Å². The number of halogens is 1. The second-order valence-electron chi connectivity index (χ2n) is 9.90. The Kier molecular flexibility index (Phi) is 9.84. The van der Waals surface area contributed by atoms with Crippen LogP contribution >= 0.6 is 11.6 Å². The van der Waals surface area contributed by atoms with Crippen molar-refractivity contribution in [3.8, 4) is 0 Å². The highest BCUT2D eigenvalue weighted by molar-refractivity contribution is 6.31. The van der Waals surface area contributed by atoms with Crippen molar-refractivity contribution in [3.63, 3.8) is 0 Å². The van der Waals surface area contributed by atoms with Gasteiger partial charge < -0.3 is 20.4 Å². The summed E-state index contributed by atoms with van der Waals surface area (Å²) in [5, 5.41) is 8.55. The van der Waals surface area contributed by atoms with Gasteiger partial charge in [-0.3, -0.25) is 9.78 Å². The van der Waals surface area contributed by atoms with Crippen LogP contribution in [0.15, 0.2) is 30.5 Å². The first kappa shape index (κ1) is 25.2. The van der Waals surface area contributed by atoms with Crippen molar-refractivity contribution >= 4 is 34.1 Å². The summed E-state index contributed by atoms with van der Waals surface area (Å²) in [7, 11) is 0. The highest BCUT2D eigenvalue weighted by Crippen LogP contribution is 2.26. The number of nitrogens with one attached hydrogen (secondary N) is 2. The molecule has 1 saturated carbocycles. The van der Waals surface area contributed by atoms with Gasteiger partial charge in [-0.15, -0.1) is 0 Å². The summed E-state index contributed by atoms with van der Waals surface area (Å²) < 4.78 is 0. The molecule has 6 nitrogen and oxygen atoms in total. The molecule has 186 valence electrons. The van der Waals surface area contributed by atoms with Crippen molar-refractivity contribution in [1.82, 2.24) is 20.1 Å². The molecule has 2 fully saturated rings. The average Bonchev–Trinajstić information content (AvgIpc) is 2.86. The molecule has 1 saturated heterocycles. The summed E-state index contributed by atoms with van der Waals surface area (Å²) in [6.07, 6.45) is 11.2. The Bertz CT molecular complexity index is 909. The number of aromatic nitrogens is 1. The fourth-order valence-electron chi connectivity index (χ4n) is 5.29. The monoisotopic (exact) mass is 485 g/mol. The molecule has 0 radical (unpaired) electrons. The molecule has 4 rings (SSSR count). The Morgan fingerprint density at radius 2 is 1.68 bits per heavy atom. The van der Waals surface area contributed by atoms with E-state index < -0.39 is 0 Å². The fourth-order valence-corrected chi connectivity index (χ4v) is 5.46. The standard InChI is InChI=1S/C27H40ClN5O/c28-23-8-9-24-25(10-13-30-26(24)21-23)29-11-4-14-32-16-18-33(19-17-32)15-5-12-31-27(34)20-22-6-2-1-3-7-22/h8-10,13,21-22H,1-7,11-12,14-20H2,(H,29,30)(H,31,34). The van der Waals surface area contributed by atoms with Gasteiger partial charge in [0, 0.05) is 68.0 Å². The van der Waals surface area contributed by atoms with Gasteiger partial charge in [-0.2, -0.15) is 0 Å². The minimum Gasteiger partial charge on any atom is -0.384 e. The van der Waals surface area contributed by atoms with Crippen LogP contribution in [0, 0.1) is 5.92 Å². The molecule has 7 heteroatoms. The van der Waals surface area contributed by atoms with Crippen molar-refractivity contribution in [1.29, 1.82) is 0 Å². The summed E-state index contributed by atoms with van der Waals surface area (Å²) in [6.45, 7) is 8.47. The number of piperazine rings is 1. The van der Waals surface area contributed by atoms with Crippen LogP contribution in [0.3, 0.4) is 0 Å². The van der Waals surface area contributed by atoms with E-state index in [9.17, 15) is 4.79 Å². The normalized spacial score (nSPS) is 18.3. The lowest BCUT2D eigenvalue weighted by atomic mass is 9.87. The molecule has 1 aliphatic carbocycles. The van der Waals surface area contributed by atoms with Gasteiger partial charge in [-0.05, 0) is 69.0 Å². The van der Waals surface area contributed by atoms with Gasteiger partial charge in [-0.1, -0.05) is 30.9 Å². The number of benzene rings is 1. The van der Waals surface area contributed by atoms with Crippen LogP contribution in [0.5, 0.6) is 0 Å². The molecular weight excluding hydrogens is 446 g/mol. The Morgan fingerprint density at radius 1 is 0.971 bits per heavy atom. The van der Waals surface area contributed by atoms with Crippen molar-refractivity contribution in [2.24, 2.45) is 5.92 Å². The van der Waals surface area contributed by atoms with Crippen molar-refractivity contribution in [2.75, 3.05) is 57.7 Å². The number of fused-ring (bicyclic) bond motifs is 1. The molecule has 1 amide bonds. The van der Waals surface area contributed by atoms with E-state index >= 15 is 0 Å². The van der Waals surface area contributed by atoms with Crippen LogP contribution in [0.4, 0.5) is 5.69 Å². The molecule has 1 aromatic carbocycles. The van der Waals surface area contributed by atoms with E-state index in [-0.39, 0.29) is 5.91 Å². The molecule has 1 aromatic heterocycles. The molecule has 2 N–H and O–H groups in total. The van der Waals surface area contributed by atoms with E-state index in [1.54, 1.807) is 0 Å². The highest BCUT2D eigenvalue weighted by Gasteiger charge is 2.18. The second kappa shape index (κ2) is 13.3. The molecule has 0 spiro atoms. The maximum atomic E-state index is 12.2. The van der Waals surface area contributed by atoms with Crippen LogP contribution < -0.4 is 10.6 Å². The summed E-state index contributed by atoms with van der Waals surface area (Å²) >= 11 is 6.09. The summed E-state index contributed by atoms with van der Waals surface area (Å²) in [6, 6.07) is 7.90. The molecule has 34 heavy (non-hydrogen) atoms. The van der Waals surface area contributed by atoms with E-state index in [4.69, 9.17) is 11.6 Å². The van der Waals surface area contributed by atoms with Crippen LogP contribution in [-0.2, 0) is 4.79 Å². The number of carbonyl (C=O) groups is 1. The van der Waals surface area contributed by atoms with Gasteiger partial charge in [-0.25, -0.2) is 0 Å². The largest absolute Gasteiger partial charge is 0.384 e. The van der Waals surface area contributed by atoms with Crippen LogP contribution in [-0.4, -0.2) is 73.0 Å². The van der Waals surface area contributed by atoms with Crippen LogP contribution in [0.1, 0.15) is 51.4 Å². The van der Waals surface area contributed by atoms with Crippen molar-refractivity contribution < 1.29 is 4.79 Å². The first-order chi connectivity index (χ1) is 16.7. The minimum absolute atomic E-state index is 0.258. The quantitative estimate of drug-likeness (QED) is 0.448. The minimum atomic E-state index is 0.258. The number of hydrogen-bond donors (Lipinski definition) is 2. The van der Waals surface area contributed by atoms with Gasteiger partial charge in [0.05, 0.1) is 5.52 Å². The maximum Gasteiger partial charge on any atom is 0.220 e. The van der Waals surface area contributed by atoms with Gasteiger partial charge in [0.2, 0.25) is 5.91 Å². The third-order valence-electron chi connectivity index (χ3n) is 7.31. The Morgan fingerprint density at radius 3 is 2.41 bits per heavy atom. The van der Waals surface area contributed by atoms with Crippen molar-refractivity contribution in [3.05, 3.63) is 35.5 Å². The number of rotatable bonds is 11. The van der Waals surface area contributed by atoms with Crippen molar-refractivity contribution in [2.45, 2.75) is 51.4 Å². The van der Waals surface area contributed by atoms with Gasteiger partial charge in [0.25, 0.3) is 0 Å². The smallest absolute Gasteiger partial charge is 0.220 e. The fraction of sp³-hybridized carbons (Fsp3) is 0.630. The third-order valence-corrected chi connectivity index (χ3v) is 7.54. The Hall–Kier alpha value is -1.89. The van der Waals surface area contributed by atoms with Gasteiger partial charge in [0.1, 0.15) is 0 Å². The average molecular weight is 486 g/mol. The molecule has 2 heterocycles. The number of pyridine rings is 1. The first-order valence-electron chi connectivity index (χ1n) is 13.2. The third kappa shape index (κ3) is 7.82. The summed E-state index contributed by atoms with van der Waals surface area (Å²) in [5.74, 6) is 0.883. The maximum absolute atomic E-state index is 12.2. The summed E-state index contributed by atoms with van der Waals surface area (Å²) in [5.41, 5.74) is 2.05. The Labute approximate surface area is 209 Å². The lowest BCUT2D eigenvalue weighted by Crippen LogP contribution is -2.47. The predicted octanol–water partition coefficient (Wildman–Crippen LogP) is 4.78. The predicted molar refractivity (Wildman–Crippen MR) is 142 cm³/mol. The van der Waals surface area contributed by atoms with E-state index in [2.05, 4.69) is 25.4 Å². The van der Waals surface area contributed by atoms with Gasteiger partial charge in [0.15, 0.2) is 0 Å². The molecule has 1 aliphatic heterocycles. The van der Waals surface area contributed by atoms with E-state index in [1.807, 2.05) is 30.5 Å². The lowest BCUT2D eigenvalue weighted by molar-refractivity contribution is -0.122. The summed E-state index contributed by atoms with van der Waals surface area (Å²) in [4.78, 5) is 21.7. The molecular formula is C27H40ClN5O. The highest BCUT2D eigenvalue weighted by atomic mass is 35.5. The molecule has 2 aromatic rings. The van der Waals surface area contributed by atoms with E-state index in [0.29, 0.717) is 5.92 Å². The molecule has 0 bridgehead atoms. The van der Waals surface area contributed by atoms with E-state index in [0.717, 1.165) is 93.2 Å². The lowest BCUT2D eigenvalue weighted by Gasteiger charge is -2.34. The number of amides is 1. The number of carbonyl (C=O) groups excluding carboxylic acids is 1. The van der Waals surface area contributed by atoms with E-state index in [1.165, 1.54) is 32.1 Å². The molecule has 2 aliphatic rings. The first-order valence-corrected chi connectivity index (χ1v) is 13.5. The molecule has 0 atom stereocenters. The SMILES string of the molecule is O=C(CC1CCCCC1)NCCCN1CCN(CCCNc2ccnc3cc(Cl)ccc23)CC1. The number of hydrogen-bond acceptors (Lipinski definition) is 5. The van der Waals surface area contributed by atoms with Gasteiger partial charge >= 0.3 is 0 Å². The topological polar surface area (TPSA) is 60.5 Å². The van der Waals surface area contributed by atoms with Crippen LogP contribution in [0.25, 0.3) is 10.9 Å². The zero-order chi connectivity index (χ0) is 23.6.